The topological polar surface area (TPSA) is 44.5 Å². The first kappa shape index (κ1) is 15.3. The summed E-state index contributed by atoms with van der Waals surface area (Å²) in [4.78, 5) is 0. The summed E-state index contributed by atoms with van der Waals surface area (Å²) in [6.07, 6.45) is 3.85. The molecule has 0 saturated carbocycles. The predicted octanol–water partition coefficient (Wildman–Crippen LogP) is 3.05. The van der Waals surface area contributed by atoms with Crippen LogP contribution in [0.4, 0.5) is 4.39 Å². The fraction of sp³-hybridized carbons (Fsp3) is 0.625. The summed E-state index contributed by atoms with van der Waals surface area (Å²) in [5.74, 6) is 0.0106. The normalized spacial score (nSPS) is 23.8. The minimum atomic E-state index is -0.322. The molecule has 1 heterocycles. The fourth-order valence-corrected chi connectivity index (χ4v) is 2.49. The maximum atomic E-state index is 13.9. The molecule has 1 saturated heterocycles. The Bertz CT molecular complexity index is 438. The van der Waals surface area contributed by atoms with Gasteiger partial charge in [-0.3, -0.25) is 0 Å². The van der Waals surface area contributed by atoms with Crippen LogP contribution in [0.15, 0.2) is 18.2 Å². The lowest BCUT2D eigenvalue weighted by Gasteiger charge is -2.17. The van der Waals surface area contributed by atoms with Crippen molar-refractivity contribution in [2.75, 3.05) is 6.61 Å². The summed E-state index contributed by atoms with van der Waals surface area (Å²) < 4.78 is 25.3. The van der Waals surface area contributed by atoms with Crippen molar-refractivity contribution in [3.05, 3.63) is 29.6 Å². The van der Waals surface area contributed by atoms with Crippen LogP contribution in [0.5, 0.6) is 5.75 Å². The predicted molar refractivity (Wildman–Crippen MR) is 77.4 cm³/mol. The van der Waals surface area contributed by atoms with Gasteiger partial charge < -0.3 is 15.2 Å². The van der Waals surface area contributed by atoms with E-state index < -0.39 is 0 Å². The molecule has 1 fully saturated rings. The second-order valence-corrected chi connectivity index (χ2v) is 5.56. The molecule has 3 nitrogen and oxygen atoms in total. The summed E-state index contributed by atoms with van der Waals surface area (Å²) in [7, 11) is 0. The third-order valence-electron chi connectivity index (χ3n) is 3.79. The van der Waals surface area contributed by atoms with E-state index in [1.165, 1.54) is 6.07 Å². The Labute approximate surface area is 120 Å². The second kappa shape index (κ2) is 7.04. The molecule has 2 N–H and O–H groups in total. The first-order chi connectivity index (χ1) is 9.60. The summed E-state index contributed by atoms with van der Waals surface area (Å²) in [6.45, 7) is 4.48. The van der Waals surface area contributed by atoms with Gasteiger partial charge in [-0.1, -0.05) is 19.1 Å². The van der Waals surface area contributed by atoms with Crippen LogP contribution in [-0.2, 0) is 11.2 Å². The highest BCUT2D eigenvalue weighted by Crippen LogP contribution is 2.26. The molecule has 1 aromatic carbocycles. The van der Waals surface area contributed by atoms with E-state index in [1.807, 2.05) is 13.0 Å². The molecule has 0 bridgehead atoms. The zero-order valence-corrected chi connectivity index (χ0v) is 12.3. The van der Waals surface area contributed by atoms with Gasteiger partial charge in [0.25, 0.3) is 0 Å². The van der Waals surface area contributed by atoms with Gasteiger partial charge >= 0.3 is 0 Å². The summed E-state index contributed by atoms with van der Waals surface area (Å²) in [5, 5.41) is 0. The van der Waals surface area contributed by atoms with Crippen molar-refractivity contribution in [1.29, 1.82) is 0 Å². The van der Waals surface area contributed by atoms with Crippen LogP contribution < -0.4 is 10.5 Å². The molecule has 2 rings (SSSR count). The molecule has 112 valence electrons. The highest BCUT2D eigenvalue weighted by molar-refractivity contribution is 5.35. The van der Waals surface area contributed by atoms with Gasteiger partial charge in [0.15, 0.2) is 11.6 Å². The van der Waals surface area contributed by atoms with Crippen molar-refractivity contribution in [2.45, 2.75) is 57.8 Å². The molecular weight excluding hydrogens is 257 g/mol. The highest BCUT2D eigenvalue weighted by Gasteiger charge is 2.23. The van der Waals surface area contributed by atoms with E-state index in [-0.39, 0.29) is 24.1 Å². The Morgan fingerprint density at radius 3 is 2.90 bits per heavy atom. The molecular formula is C16H24FNO2. The lowest BCUT2D eigenvalue weighted by molar-refractivity contribution is 0.0254. The molecule has 0 spiro atoms. The molecule has 0 aliphatic carbocycles. The van der Waals surface area contributed by atoms with Crippen molar-refractivity contribution in [1.82, 2.24) is 0 Å². The van der Waals surface area contributed by atoms with Crippen molar-refractivity contribution in [3.63, 3.8) is 0 Å². The van der Waals surface area contributed by atoms with Gasteiger partial charge in [-0.2, -0.15) is 0 Å². The van der Waals surface area contributed by atoms with Gasteiger partial charge in [0.1, 0.15) is 6.61 Å². The van der Waals surface area contributed by atoms with E-state index in [4.69, 9.17) is 15.2 Å². The summed E-state index contributed by atoms with van der Waals surface area (Å²) in [5.41, 5.74) is 6.80. The highest BCUT2D eigenvalue weighted by atomic mass is 19.1. The summed E-state index contributed by atoms with van der Waals surface area (Å²) in [6, 6.07) is 5.04. The SMILES string of the molecule is CCC(N)Cc1cccc(F)c1OCC1CCC(C)O1. The molecule has 1 aliphatic rings. The number of ether oxygens (including phenoxy) is 2. The van der Waals surface area contributed by atoms with E-state index in [2.05, 4.69) is 6.92 Å². The zero-order chi connectivity index (χ0) is 14.5. The lowest BCUT2D eigenvalue weighted by Crippen LogP contribution is -2.23. The van der Waals surface area contributed by atoms with Crippen LogP contribution in [0.25, 0.3) is 0 Å². The van der Waals surface area contributed by atoms with Crippen LogP contribution in [-0.4, -0.2) is 24.9 Å². The number of halogens is 1. The van der Waals surface area contributed by atoms with Crippen molar-refractivity contribution in [2.24, 2.45) is 5.73 Å². The zero-order valence-electron chi connectivity index (χ0n) is 12.3. The van der Waals surface area contributed by atoms with E-state index in [0.29, 0.717) is 18.8 Å². The molecule has 0 radical (unpaired) electrons. The number of rotatable bonds is 6. The van der Waals surface area contributed by atoms with E-state index in [1.54, 1.807) is 6.07 Å². The maximum Gasteiger partial charge on any atom is 0.165 e. The Kier molecular flexibility index (Phi) is 5.38. The largest absolute Gasteiger partial charge is 0.488 e. The Hall–Kier alpha value is -1.13. The maximum absolute atomic E-state index is 13.9. The number of hydrogen-bond acceptors (Lipinski definition) is 3. The molecule has 0 aromatic heterocycles. The smallest absolute Gasteiger partial charge is 0.165 e. The van der Waals surface area contributed by atoms with Crippen LogP contribution in [0.2, 0.25) is 0 Å². The Balaban J connectivity index is 2.01. The first-order valence-corrected chi connectivity index (χ1v) is 7.41. The molecule has 1 aliphatic heterocycles. The molecule has 20 heavy (non-hydrogen) atoms. The van der Waals surface area contributed by atoms with Gasteiger partial charge in [0.05, 0.1) is 12.2 Å². The average Bonchev–Trinajstić information content (AvgIpc) is 2.83. The quantitative estimate of drug-likeness (QED) is 0.871. The standard InChI is InChI=1S/C16H24FNO2/c1-3-13(18)9-12-5-4-6-15(17)16(12)19-10-14-8-7-11(2)20-14/h4-6,11,13-14H,3,7-10,18H2,1-2H3. The summed E-state index contributed by atoms with van der Waals surface area (Å²) >= 11 is 0. The van der Waals surface area contributed by atoms with Crippen LogP contribution in [0.1, 0.15) is 38.7 Å². The van der Waals surface area contributed by atoms with Crippen molar-refractivity contribution >= 4 is 0 Å². The van der Waals surface area contributed by atoms with Gasteiger partial charge in [-0.15, -0.1) is 0 Å². The van der Waals surface area contributed by atoms with E-state index >= 15 is 0 Å². The monoisotopic (exact) mass is 281 g/mol. The second-order valence-electron chi connectivity index (χ2n) is 5.56. The third kappa shape index (κ3) is 3.93. The van der Waals surface area contributed by atoms with E-state index in [9.17, 15) is 4.39 Å². The van der Waals surface area contributed by atoms with Gasteiger partial charge in [0, 0.05) is 6.04 Å². The number of para-hydroxylation sites is 1. The first-order valence-electron chi connectivity index (χ1n) is 7.41. The van der Waals surface area contributed by atoms with Crippen molar-refractivity contribution in [3.8, 4) is 5.75 Å². The van der Waals surface area contributed by atoms with Crippen LogP contribution in [0.3, 0.4) is 0 Å². The van der Waals surface area contributed by atoms with Crippen molar-refractivity contribution < 1.29 is 13.9 Å². The van der Waals surface area contributed by atoms with Gasteiger partial charge in [0.2, 0.25) is 0 Å². The Morgan fingerprint density at radius 2 is 2.25 bits per heavy atom. The molecule has 3 unspecified atom stereocenters. The third-order valence-corrected chi connectivity index (χ3v) is 3.79. The minimum absolute atomic E-state index is 0.0295. The molecule has 0 amide bonds. The fourth-order valence-electron chi connectivity index (χ4n) is 2.49. The molecule has 3 atom stereocenters. The van der Waals surface area contributed by atoms with Crippen LogP contribution >= 0.6 is 0 Å². The van der Waals surface area contributed by atoms with E-state index in [0.717, 1.165) is 24.8 Å². The average molecular weight is 281 g/mol. The number of nitrogens with two attached hydrogens (primary N) is 1. The van der Waals surface area contributed by atoms with Gasteiger partial charge in [-0.25, -0.2) is 4.39 Å². The number of hydrogen-bond donors (Lipinski definition) is 1. The minimum Gasteiger partial charge on any atom is -0.488 e. The number of benzene rings is 1. The molecule has 4 heteroatoms. The Morgan fingerprint density at radius 1 is 1.45 bits per heavy atom. The van der Waals surface area contributed by atoms with Crippen LogP contribution in [0, 0.1) is 5.82 Å². The lowest BCUT2D eigenvalue weighted by atomic mass is 10.0. The molecule has 1 aromatic rings. The van der Waals surface area contributed by atoms with Gasteiger partial charge in [-0.05, 0) is 44.2 Å².